The molecule has 2 aromatic rings. The summed E-state index contributed by atoms with van der Waals surface area (Å²) in [6, 6.07) is 2.16. The molecule has 0 saturated carbocycles. The lowest BCUT2D eigenvalue weighted by molar-refractivity contribution is 0.539. The monoisotopic (exact) mass is 495 g/mol. The van der Waals surface area contributed by atoms with E-state index in [1.807, 2.05) is 10.8 Å². The number of primary sulfonamides is 1. The summed E-state index contributed by atoms with van der Waals surface area (Å²) in [7, 11) is -8.85. The number of anilines is 2. The Labute approximate surface area is 191 Å². The van der Waals surface area contributed by atoms with Gasteiger partial charge in [-0.15, -0.1) is 5.11 Å². The fourth-order valence-electron chi connectivity index (χ4n) is 3.88. The van der Waals surface area contributed by atoms with Gasteiger partial charge in [0.2, 0.25) is 26.0 Å². The lowest BCUT2D eigenvalue weighted by Gasteiger charge is -2.31. The highest BCUT2D eigenvalue weighted by Gasteiger charge is 2.35. The molecular formula is C18H25N9O4S2. The number of hydrogen-bond donors (Lipinski definition) is 3. The molecule has 0 spiro atoms. The Bertz CT molecular complexity index is 1330. The number of amidine groups is 1. The van der Waals surface area contributed by atoms with Gasteiger partial charge in [0.25, 0.3) is 0 Å². The maximum atomic E-state index is 13.2. The molecule has 13 nitrogen and oxygen atoms in total. The number of fused-ring (bicyclic) bond motifs is 1. The second kappa shape index (κ2) is 8.90. The van der Waals surface area contributed by atoms with Gasteiger partial charge in [-0.3, -0.25) is 0 Å². The van der Waals surface area contributed by atoms with Gasteiger partial charge >= 0.3 is 0 Å². The number of benzene rings is 1. The van der Waals surface area contributed by atoms with Crippen molar-refractivity contribution in [3.8, 4) is 0 Å². The van der Waals surface area contributed by atoms with Crippen LogP contribution in [0.5, 0.6) is 0 Å². The van der Waals surface area contributed by atoms with Crippen LogP contribution in [0.4, 0.5) is 11.6 Å². The molecule has 15 heteroatoms. The first-order chi connectivity index (χ1) is 15.7. The van der Waals surface area contributed by atoms with Gasteiger partial charge in [0.15, 0.2) is 12.5 Å². The summed E-state index contributed by atoms with van der Waals surface area (Å²) in [5, 5.41) is 13.4. The lowest BCUT2D eigenvalue weighted by Crippen LogP contribution is -2.40. The molecule has 4 rings (SSSR count). The van der Waals surface area contributed by atoms with E-state index in [4.69, 9.17) is 10.9 Å². The molecule has 0 fully saturated rings. The first kappa shape index (κ1) is 23.4. The summed E-state index contributed by atoms with van der Waals surface area (Å²) in [6.07, 6.45) is 4.64. The first-order valence-corrected chi connectivity index (χ1v) is 13.3. The van der Waals surface area contributed by atoms with Gasteiger partial charge in [-0.25, -0.2) is 36.7 Å². The Kier molecular flexibility index (Phi) is 6.32. The van der Waals surface area contributed by atoms with Crippen molar-refractivity contribution in [3.05, 3.63) is 30.1 Å². The van der Waals surface area contributed by atoms with Crippen LogP contribution < -0.4 is 20.5 Å². The average Bonchev–Trinajstić information content (AvgIpc) is 3.47. The number of rotatable bonds is 8. The van der Waals surface area contributed by atoms with Crippen molar-refractivity contribution in [3.63, 3.8) is 0 Å². The third-order valence-electron chi connectivity index (χ3n) is 5.45. The largest absolute Gasteiger partial charge is 0.329 e. The minimum atomic E-state index is -4.55. The zero-order valence-electron chi connectivity index (χ0n) is 17.9. The highest BCUT2D eigenvalue weighted by molar-refractivity contribution is 7.92. The van der Waals surface area contributed by atoms with E-state index in [-0.39, 0.29) is 24.6 Å². The summed E-state index contributed by atoms with van der Waals surface area (Å²) in [4.78, 5) is 9.25. The Morgan fingerprint density at radius 1 is 1.21 bits per heavy atom. The summed E-state index contributed by atoms with van der Waals surface area (Å²) in [6.45, 7) is 3.07. The number of nitrogens with zero attached hydrogens (tertiary/aromatic N) is 6. The van der Waals surface area contributed by atoms with Crippen molar-refractivity contribution in [2.75, 3.05) is 24.7 Å². The SMILES string of the molecule is CCC(CN)NS(=O)(=O)c1ccc(N2CCCn3ccnc32)c(C2=NCN=N2)c1S(N)(=O)=O. The van der Waals surface area contributed by atoms with Crippen LogP contribution >= 0.6 is 0 Å². The maximum absolute atomic E-state index is 13.2. The maximum Gasteiger partial charge on any atom is 0.242 e. The topological polar surface area (TPSA) is 190 Å². The van der Waals surface area contributed by atoms with Crippen molar-refractivity contribution < 1.29 is 16.8 Å². The molecule has 1 aromatic carbocycles. The predicted molar refractivity (Wildman–Crippen MR) is 121 cm³/mol. The highest BCUT2D eigenvalue weighted by Crippen LogP contribution is 2.38. The fourth-order valence-corrected chi connectivity index (χ4v) is 6.80. The summed E-state index contributed by atoms with van der Waals surface area (Å²) < 4.78 is 56.5. The van der Waals surface area contributed by atoms with E-state index in [1.165, 1.54) is 12.1 Å². The molecule has 5 N–H and O–H groups in total. The molecule has 0 aliphatic carbocycles. The van der Waals surface area contributed by atoms with Crippen molar-refractivity contribution in [2.45, 2.75) is 42.1 Å². The number of sulfonamides is 2. The smallest absolute Gasteiger partial charge is 0.242 e. The molecule has 178 valence electrons. The number of nitrogens with two attached hydrogens (primary N) is 2. The Morgan fingerprint density at radius 3 is 2.64 bits per heavy atom. The zero-order chi connectivity index (χ0) is 23.8. The Balaban J connectivity index is 2.00. The molecular weight excluding hydrogens is 470 g/mol. The second-order valence-electron chi connectivity index (χ2n) is 7.58. The number of aryl methyl sites for hydroxylation is 1. The number of imidazole rings is 1. The normalized spacial score (nSPS) is 17.2. The standard InChI is InChI=1S/C18H25N9O4S2/c1-2-12(10-19)25-33(30,31)14-5-4-13(27-8-3-7-26-9-6-21-18(26)27)15(16(14)32(20,28)29)17-22-11-23-24-17/h4-6,9,12,25H,2-3,7-8,10-11,19H2,1H3,(H2,20,28,29). The molecule has 1 unspecified atom stereocenters. The Morgan fingerprint density at radius 2 is 2.00 bits per heavy atom. The molecule has 0 saturated heterocycles. The van der Waals surface area contributed by atoms with E-state index in [0.717, 1.165) is 13.0 Å². The van der Waals surface area contributed by atoms with Crippen LogP contribution in [-0.4, -0.2) is 58.0 Å². The van der Waals surface area contributed by atoms with Crippen LogP contribution in [0.1, 0.15) is 25.3 Å². The van der Waals surface area contributed by atoms with Crippen molar-refractivity contribution in [1.82, 2.24) is 14.3 Å². The van der Waals surface area contributed by atoms with Crippen LogP contribution in [-0.2, 0) is 26.6 Å². The van der Waals surface area contributed by atoms with E-state index < -0.39 is 35.9 Å². The molecule has 0 amide bonds. The molecule has 0 bridgehead atoms. The van der Waals surface area contributed by atoms with Gasteiger partial charge in [-0.1, -0.05) is 6.92 Å². The molecule has 3 heterocycles. The van der Waals surface area contributed by atoms with E-state index in [0.29, 0.717) is 24.6 Å². The molecule has 0 radical (unpaired) electrons. The molecule has 1 aromatic heterocycles. The van der Waals surface area contributed by atoms with E-state index in [2.05, 4.69) is 24.9 Å². The molecule has 2 aliphatic rings. The summed E-state index contributed by atoms with van der Waals surface area (Å²) >= 11 is 0. The van der Waals surface area contributed by atoms with Crippen molar-refractivity contribution in [1.29, 1.82) is 0 Å². The minimum absolute atomic E-state index is 0.00618. The second-order valence-corrected chi connectivity index (χ2v) is 10.8. The van der Waals surface area contributed by atoms with Crippen LogP contribution in [0, 0.1) is 0 Å². The number of azo groups is 1. The van der Waals surface area contributed by atoms with Crippen LogP contribution in [0.3, 0.4) is 0 Å². The van der Waals surface area contributed by atoms with E-state index in [1.54, 1.807) is 18.0 Å². The van der Waals surface area contributed by atoms with Gasteiger partial charge in [-0.2, -0.15) is 5.11 Å². The van der Waals surface area contributed by atoms with Crippen molar-refractivity contribution >= 4 is 37.5 Å². The average molecular weight is 496 g/mol. The van der Waals surface area contributed by atoms with Gasteiger partial charge in [0.1, 0.15) is 9.79 Å². The van der Waals surface area contributed by atoms with Crippen molar-refractivity contribution in [2.24, 2.45) is 26.1 Å². The van der Waals surface area contributed by atoms with Gasteiger partial charge in [0, 0.05) is 38.1 Å². The van der Waals surface area contributed by atoms with E-state index in [9.17, 15) is 16.8 Å². The minimum Gasteiger partial charge on any atom is -0.329 e. The third kappa shape index (κ3) is 4.41. The summed E-state index contributed by atoms with van der Waals surface area (Å²) in [5.74, 6) is 0.571. The lowest BCUT2D eigenvalue weighted by atomic mass is 10.1. The summed E-state index contributed by atoms with van der Waals surface area (Å²) in [5.41, 5.74) is 5.99. The van der Waals surface area contributed by atoms with Gasteiger partial charge in [0.05, 0.1) is 11.3 Å². The number of aromatic nitrogens is 2. The van der Waals surface area contributed by atoms with Gasteiger partial charge < -0.3 is 15.2 Å². The first-order valence-electron chi connectivity index (χ1n) is 10.3. The number of aliphatic imine (C=N–C) groups is 1. The fraction of sp³-hybridized carbons (Fsp3) is 0.444. The Hall–Kier alpha value is -2.72. The molecule has 33 heavy (non-hydrogen) atoms. The predicted octanol–water partition coefficient (Wildman–Crippen LogP) is 0.258. The van der Waals surface area contributed by atoms with Crippen LogP contribution in [0.2, 0.25) is 0 Å². The molecule has 2 aliphatic heterocycles. The van der Waals surface area contributed by atoms with Gasteiger partial charge in [-0.05, 0) is 25.0 Å². The zero-order valence-corrected chi connectivity index (χ0v) is 19.5. The number of hydrogen-bond acceptors (Lipinski definition) is 10. The van der Waals surface area contributed by atoms with Crippen LogP contribution in [0.25, 0.3) is 0 Å². The van der Waals surface area contributed by atoms with E-state index >= 15 is 0 Å². The number of nitrogens with one attached hydrogen (secondary N) is 1. The van der Waals surface area contributed by atoms with Crippen LogP contribution in [0.15, 0.2) is 49.5 Å². The quantitative estimate of drug-likeness (QED) is 0.467. The molecule has 1 atom stereocenters. The highest BCUT2D eigenvalue weighted by atomic mass is 32.2. The third-order valence-corrected chi connectivity index (χ3v) is 8.14.